The summed E-state index contributed by atoms with van der Waals surface area (Å²) in [6.45, 7) is 11.3. The Kier molecular flexibility index (Phi) is 7.95. The molecule has 0 aliphatic heterocycles. The number of nitrogens with zero attached hydrogens (tertiary/aromatic N) is 2. The summed E-state index contributed by atoms with van der Waals surface area (Å²) in [7, 11) is 0. The van der Waals surface area contributed by atoms with Crippen LogP contribution in [0.4, 0.5) is 4.79 Å². The molecule has 2 rings (SSSR count). The summed E-state index contributed by atoms with van der Waals surface area (Å²) < 4.78 is 7.26. The molecule has 0 spiro atoms. The highest BCUT2D eigenvalue weighted by Gasteiger charge is 2.23. The van der Waals surface area contributed by atoms with E-state index in [0.717, 1.165) is 28.5 Å². The van der Waals surface area contributed by atoms with Crippen molar-refractivity contribution in [2.75, 3.05) is 5.75 Å². The van der Waals surface area contributed by atoms with Crippen molar-refractivity contribution in [1.29, 1.82) is 0 Å². The fourth-order valence-corrected chi connectivity index (χ4v) is 3.93. The third-order valence-corrected chi connectivity index (χ3v) is 5.32. The van der Waals surface area contributed by atoms with Gasteiger partial charge in [-0.05, 0) is 83.5 Å². The van der Waals surface area contributed by atoms with Gasteiger partial charge < -0.3 is 19.7 Å². The zero-order chi connectivity index (χ0) is 22.5. The number of amides is 1. The molecule has 0 saturated heterocycles. The van der Waals surface area contributed by atoms with Gasteiger partial charge >= 0.3 is 12.1 Å². The molecule has 2 N–H and O–H groups in total. The van der Waals surface area contributed by atoms with Crippen molar-refractivity contribution in [2.24, 2.45) is 0 Å². The Balaban J connectivity index is 1.94. The molecule has 0 saturated carbocycles. The van der Waals surface area contributed by atoms with E-state index in [4.69, 9.17) is 9.72 Å². The van der Waals surface area contributed by atoms with E-state index in [2.05, 4.69) is 41.9 Å². The number of carboxylic acids is 1. The molecule has 0 aromatic carbocycles. The largest absolute Gasteiger partial charge is 0.480 e. The summed E-state index contributed by atoms with van der Waals surface area (Å²) in [5.74, 6) is 1.04. The number of hydrogen-bond acceptors (Lipinski definition) is 5. The highest BCUT2D eigenvalue weighted by molar-refractivity contribution is 7.98. The fourth-order valence-electron chi connectivity index (χ4n) is 3.02. The lowest BCUT2D eigenvalue weighted by Crippen LogP contribution is -2.43. The van der Waals surface area contributed by atoms with Crippen LogP contribution in [0.3, 0.4) is 0 Å². The second kappa shape index (κ2) is 10.0. The molecule has 0 unspecified atom stereocenters. The molecule has 7 nitrogen and oxygen atoms in total. The molecular weight excluding hydrogens is 402 g/mol. The molecule has 1 amide bonds. The van der Waals surface area contributed by atoms with Crippen molar-refractivity contribution in [1.82, 2.24) is 14.9 Å². The smallest absolute Gasteiger partial charge is 0.408 e. The van der Waals surface area contributed by atoms with Crippen LogP contribution in [0, 0.1) is 20.8 Å². The number of alkyl carbamates (subject to hydrolysis) is 1. The molecule has 1 atom stereocenters. The molecule has 0 bridgehead atoms. The van der Waals surface area contributed by atoms with Crippen molar-refractivity contribution < 1.29 is 19.4 Å². The highest BCUT2D eigenvalue weighted by atomic mass is 32.2. The van der Waals surface area contributed by atoms with Gasteiger partial charge in [-0.1, -0.05) is 0 Å². The minimum absolute atomic E-state index is 0.299. The number of aliphatic carboxylic acids is 1. The molecular formula is C22H31N3O4S. The number of aromatic nitrogens is 2. The zero-order valence-corrected chi connectivity index (χ0v) is 19.3. The first-order valence-electron chi connectivity index (χ1n) is 9.89. The van der Waals surface area contributed by atoms with Crippen molar-refractivity contribution in [3.05, 3.63) is 46.9 Å². The molecule has 2 heterocycles. The molecule has 0 aliphatic rings. The lowest BCUT2D eigenvalue weighted by Gasteiger charge is -2.22. The maximum absolute atomic E-state index is 11.9. The summed E-state index contributed by atoms with van der Waals surface area (Å²) in [5.41, 5.74) is 3.64. The van der Waals surface area contributed by atoms with Gasteiger partial charge in [0, 0.05) is 17.1 Å². The summed E-state index contributed by atoms with van der Waals surface area (Å²) in [5, 5.41) is 11.8. The van der Waals surface area contributed by atoms with Crippen LogP contribution in [0.15, 0.2) is 24.3 Å². The summed E-state index contributed by atoms with van der Waals surface area (Å²) in [6.07, 6.45) is -0.421. The van der Waals surface area contributed by atoms with Gasteiger partial charge in [-0.25, -0.2) is 14.6 Å². The van der Waals surface area contributed by atoms with Crippen LogP contribution in [0.25, 0.3) is 5.82 Å². The quantitative estimate of drug-likeness (QED) is 0.600. The molecule has 2 aromatic rings. The van der Waals surface area contributed by atoms with Crippen LogP contribution >= 0.6 is 11.8 Å². The molecule has 0 radical (unpaired) electrons. The summed E-state index contributed by atoms with van der Waals surface area (Å²) in [6, 6.07) is 7.24. The number of hydrogen-bond donors (Lipinski definition) is 2. The van der Waals surface area contributed by atoms with E-state index >= 15 is 0 Å². The van der Waals surface area contributed by atoms with Crippen molar-refractivity contribution in [2.45, 2.75) is 65.4 Å². The van der Waals surface area contributed by atoms with Crippen molar-refractivity contribution in [3.8, 4) is 5.82 Å². The average molecular weight is 434 g/mol. The molecule has 8 heteroatoms. The van der Waals surface area contributed by atoms with Crippen LogP contribution in [-0.4, -0.2) is 44.1 Å². The predicted octanol–water partition coefficient (Wildman–Crippen LogP) is 4.40. The molecule has 0 aliphatic carbocycles. The Labute approximate surface area is 182 Å². The van der Waals surface area contributed by atoms with Gasteiger partial charge in [0.1, 0.15) is 17.5 Å². The standard InChI is InChI=1S/C22H31N3O4S/c1-14-11-17(23-19(12-14)25-15(2)7-8-16(25)3)13-30-10-9-18(20(26)27)24-21(28)29-22(4,5)6/h7-8,11-12,18H,9-10,13H2,1-6H3,(H,24,28)(H,26,27)/t18-/m0/s1. The number of thioether (sulfide) groups is 1. The minimum atomic E-state index is -1.07. The molecule has 0 fully saturated rings. The zero-order valence-electron chi connectivity index (χ0n) is 18.5. The van der Waals surface area contributed by atoms with Crippen molar-refractivity contribution in [3.63, 3.8) is 0 Å². The number of aryl methyl sites for hydroxylation is 3. The number of nitrogens with one attached hydrogen (secondary N) is 1. The van der Waals surface area contributed by atoms with E-state index in [0.29, 0.717) is 17.9 Å². The van der Waals surface area contributed by atoms with Gasteiger partial charge in [0.05, 0.1) is 5.69 Å². The predicted molar refractivity (Wildman–Crippen MR) is 119 cm³/mol. The number of rotatable bonds is 8. The maximum Gasteiger partial charge on any atom is 0.408 e. The minimum Gasteiger partial charge on any atom is -0.480 e. The lowest BCUT2D eigenvalue weighted by atomic mass is 10.2. The first-order chi connectivity index (χ1) is 14.0. The Bertz CT molecular complexity index is 883. The van der Waals surface area contributed by atoms with E-state index in [1.54, 1.807) is 32.5 Å². The van der Waals surface area contributed by atoms with Crippen LogP contribution in [-0.2, 0) is 15.3 Å². The maximum atomic E-state index is 11.9. The normalized spacial score (nSPS) is 12.5. The van der Waals surface area contributed by atoms with Gasteiger partial charge in [0.15, 0.2) is 0 Å². The Morgan fingerprint density at radius 3 is 2.40 bits per heavy atom. The monoisotopic (exact) mass is 433 g/mol. The van der Waals surface area contributed by atoms with E-state index < -0.39 is 23.7 Å². The van der Waals surface area contributed by atoms with Gasteiger partial charge in [-0.2, -0.15) is 11.8 Å². The van der Waals surface area contributed by atoms with E-state index in [-0.39, 0.29) is 0 Å². The van der Waals surface area contributed by atoms with Crippen LogP contribution in [0.5, 0.6) is 0 Å². The van der Waals surface area contributed by atoms with E-state index in [1.807, 2.05) is 13.0 Å². The van der Waals surface area contributed by atoms with Gasteiger partial charge in [0.25, 0.3) is 0 Å². The molecule has 2 aromatic heterocycles. The number of carboxylic acid groups (broad SMARTS) is 1. The highest BCUT2D eigenvalue weighted by Crippen LogP contribution is 2.19. The van der Waals surface area contributed by atoms with E-state index in [9.17, 15) is 14.7 Å². The first-order valence-corrected chi connectivity index (χ1v) is 11.0. The van der Waals surface area contributed by atoms with Gasteiger partial charge in [0.2, 0.25) is 0 Å². The average Bonchev–Trinajstić information content (AvgIpc) is 2.93. The Morgan fingerprint density at radius 1 is 1.20 bits per heavy atom. The van der Waals surface area contributed by atoms with E-state index in [1.165, 1.54) is 0 Å². The molecule has 164 valence electrons. The second-order valence-electron chi connectivity index (χ2n) is 8.32. The number of carbonyl (C=O) groups excluding carboxylic acids is 1. The topological polar surface area (TPSA) is 93.4 Å². The van der Waals surface area contributed by atoms with Crippen LogP contribution in [0.1, 0.15) is 49.8 Å². The summed E-state index contributed by atoms with van der Waals surface area (Å²) >= 11 is 1.59. The lowest BCUT2D eigenvalue weighted by molar-refractivity contribution is -0.139. The second-order valence-corrected chi connectivity index (χ2v) is 9.43. The van der Waals surface area contributed by atoms with Gasteiger partial charge in [-0.15, -0.1) is 0 Å². The number of carbonyl (C=O) groups is 2. The van der Waals surface area contributed by atoms with Crippen molar-refractivity contribution >= 4 is 23.8 Å². The number of ether oxygens (including phenoxy) is 1. The van der Waals surface area contributed by atoms with Crippen LogP contribution in [0.2, 0.25) is 0 Å². The Hall–Kier alpha value is -2.48. The number of pyridine rings is 1. The fraction of sp³-hybridized carbons (Fsp3) is 0.500. The summed E-state index contributed by atoms with van der Waals surface area (Å²) in [4.78, 5) is 28.1. The van der Waals surface area contributed by atoms with Gasteiger partial charge in [-0.3, -0.25) is 0 Å². The first kappa shape index (κ1) is 23.8. The van der Waals surface area contributed by atoms with Crippen LogP contribution < -0.4 is 5.32 Å². The third kappa shape index (κ3) is 7.09. The third-order valence-electron chi connectivity index (χ3n) is 4.30. The molecule has 30 heavy (non-hydrogen) atoms. The Morgan fingerprint density at radius 2 is 1.83 bits per heavy atom. The SMILES string of the molecule is Cc1cc(CSCC[C@H](NC(=O)OC(C)(C)C)C(=O)O)nc(-n2c(C)ccc2C)c1.